The highest BCUT2D eigenvalue weighted by atomic mass is 79.9. The average Bonchev–Trinajstić information content (AvgIpc) is 2.33. The highest BCUT2D eigenvalue weighted by Crippen LogP contribution is 2.35. The van der Waals surface area contributed by atoms with E-state index in [1.165, 1.54) is 5.56 Å². The first-order valence-electron chi connectivity index (χ1n) is 5.39. The fourth-order valence-electron chi connectivity index (χ4n) is 2.01. The lowest BCUT2D eigenvalue weighted by molar-refractivity contribution is 0.0258. The second-order valence-electron chi connectivity index (χ2n) is 3.85. The summed E-state index contributed by atoms with van der Waals surface area (Å²) in [6, 6.07) is 3.98. The highest BCUT2D eigenvalue weighted by molar-refractivity contribution is 9.10. The first kappa shape index (κ1) is 11.9. The molecule has 0 saturated carbocycles. The van der Waals surface area contributed by atoms with Crippen molar-refractivity contribution >= 4 is 15.9 Å². The molecule has 3 nitrogen and oxygen atoms in total. The molecule has 0 aliphatic carbocycles. The molecule has 16 heavy (non-hydrogen) atoms. The zero-order valence-electron chi connectivity index (χ0n) is 9.55. The molecule has 1 saturated heterocycles. The lowest BCUT2D eigenvalue weighted by atomic mass is 10.0. The standard InChI is InChI=1S/C12H16BrNO2/c1-8-9(13)3-4-10(15-2)12(8)11-7-14-5-6-16-11/h3-4,11,14H,5-7H2,1-2H3. The third-order valence-corrected chi connectivity index (χ3v) is 3.74. The van der Waals surface area contributed by atoms with Gasteiger partial charge < -0.3 is 14.8 Å². The first-order chi connectivity index (χ1) is 7.74. The van der Waals surface area contributed by atoms with Crippen LogP contribution in [0.1, 0.15) is 17.2 Å². The highest BCUT2D eigenvalue weighted by Gasteiger charge is 2.22. The number of rotatable bonds is 2. The summed E-state index contributed by atoms with van der Waals surface area (Å²) in [5.41, 5.74) is 2.33. The quantitative estimate of drug-likeness (QED) is 0.905. The Morgan fingerprint density at radius 3 is 2.94 bits per heavy atom. The molecule has 0 bridgehead atoms. The number of benzene rings is 1. The Bertz CT molecular complexity index is 376. The largest absolute Gasteiger partial charge is 0.496 e. The van der Waals surface area contributed by atoms with Crippen LogP contribution < -0.4 is 10.1 Å². The molecular formula is C12H16BrNO2. The van der Waals surface area contributed by atoms with Gasteiger partial charge in [-0.3, -0.25) is 0 Å². The van der Waals surface area contributed by atoms with Gasteiger partial charge >= 0.3 is 0 Å². The summed E-state index contributed by atoms with van der Waals surface area (Å²) in [7, 11) is 1.70. The lowest BCUT2D eigenvalue weighted by Crippen LogP contribution is -2.33. The molecule has 0 spiro atoms. The van der Waals surface area contributed by atoms with E-state index in [0.717, 1.165) is 35.5 Å². The van der Waals surface area contributed by atoms with Crippen molar-refractivity contribution in [2.24, 2.45) is 0 Å². The summed E-state index contributed by atoms with van der Waals surface area (Å²) in [6.07, 6.45) is 0.0844. The molecule has 88 valence electrons. The smallest absolute Gasteiger partial charge is 0.125 e. The average molecular weight is 286 g/mol. The van der Waals surface area contributed by atoms with E-state index in [-0.39, 0.29) is 6.10 Å². The molecule has 1 aliphatic rings. The van der Waals surface area contributed by atoms with Gasteiger partial charge in [-0.25, -0.2) is 0 Å². The molecule has 2 rings (SSSR count). The molecule has 4 heteroatoms. The van der Waals surface area contributed by atoms with Gasteiger partial charge in [0, 0.05) is 23.1 Å². The van der Waals surface area contributed by atoms with Gasteiger partial charge in [0.2, 0.25) is 0 Å². The molecule has 1 fully saturated rings. The van der Waals surface area contributed by atoms with Crippen LogP contribution in [0, 0.1) is 6.92 Å². The summed E-state index contributed by atoms with van der Waals surface area (Å²) in [5, 5.41) is 3.34. The molecule has 1 aromatic carbocycles. The van der Waals surface area contributed by atoms with Crippen molar-refractivity contribution in [3.63, 3.8) is 0 Å². The fraction of sp³-hybridized carbons (Fsp3) is 0.500. The van der Waals surface area contributed by atoms with E-state index in [9.17, 15) is 0 Å². The number of nitrogens with one attached hydrogen (secondary N) is 1. The third kappa shape index (κ3) is 2.24. The minimum Gasteiger partial charge on any atom is -0.496 e. The van der Waals surface area contributed by atoms with Gasteiger partial charge in [0.25, 0.3) is 0 Å². The van der Waals surface area contributed by atoms with E-state index in [1.54, 1.807) is 7.11 Å². The van der Waals surface area contributed by atoms with Crippen molar-refractivity contribution in [1.29, 1.82) is 0 Å². The number of hydrogen-bond donors (Lipinski definition) is 1. The van der Waals surface area contributed by atoms with E-state index in [2.05, 4.69) is 28.2 Å². The van der Waals surface area contributed by atoms with E-state index in [4.69, 9.17) is 9.47 Å². The van der Waals surface area contributed by atoms with Crippen LogP contribution in [-0.4, -0.2) is 26.8 Å². The van der Waals surface area contributed by atoms with Crippen molar-refractivity contribution in [2.75, 3.05) is 26.8 Å². The Balaban J connectivity index is 2.39. The zero-order valence-corrected chi connectivity index (χ0v) is 11.1. The molecule has 0 radical (unpaired) electrons. The predicted molar refractivity (Wildman–Crippen MR) is 67.0 cm³/mol. The van der Waals surface area contributed by atoms with Crippen molar-refractivity contribution in [2.45, 2.75) is 13.0 Å². The van der Waals surface area contributed by atoms with Crippen molar-refractivity contribution < 1.29 is 9.47 Å². The van der Waals surface area contributed by atoms with Crippen LogP contribution >= 0.6 is 15.9 Å². The molecule has 1 aromatic rings. The van der Waals surface area contributed by atoms with Crippen LogP contribution in [0.15, 0.2) is 16.6 Å². The van der Waals surface area contributed by atoms with Gasteiger partial charge in [0.1, 0.15) is 5.75 Å². The third-order valence-electron chi connectivity index (χ3n) is 2.88. The summed E-state index contributed by atoms with van der Waals surface area (Å²) >= 11 is 3.54. The summed E-state index contributed by atoms with van der Waals surface area (Å²) in [6.45, 7) is 4.60. The molecule has 1 aliphatic heterocycles. The minimum atomic E-state index is 0.0844. The van der Waals surface area contributed by atoms with Gasteiger partial charge in [-0.05, 0) is 24.6 Å². The van der Waals surface area contributed by atoms with Gasteiger partial charge in [-0.1, -0.05) is 15.9 Å². The van der Waals surface area contributed by atoms with E-state index < -0.39 is 0 Å². The maximum Gasteiger partial charge on any atom is 0.125 e. The number of ether oxygens (including phenoxy) is 2. The molecule has 1 unspecified atom stereocenters. The Hall–Kier alpha value is -0.580. The van der Waals surface area contributed by atoms with Crippen LogP contribution in [0.5, 0.6) is 5.75 Å². The number of hydrogen-bond acceptors (Lipinski definition) is 3. The van der Waals surface area contributed by atoms with Crippen LogP contribution in [0.2, 0.25) is 0 Å². The SMILES string of the molecule is COc1ccc(Br)c(C)c1C1CNCCO1. The van der Waals surface area contributed by atoms with Crippen LogP contribution in [-0.2, 0) is 4.74 Å². The Kier molecular flexibility index (Phi) is 3.84. The van der Waals surface area contributed by atoms with Crippen molar-refractivity contribution in [3.8, 4) is 5.75 Å². The predicted octanol–water partition coefficient (Wildman–Crippen LogP) is 2.43. The summed E-state index contributed by atoms with van der Waals surface area (Å²) in [4.78, 5) is 0. The molecule has 1 N–H and O–H groups in total. The van der Waals surface area contributed by atoms with Crippen LogP contribution in [0.25, 0.3) is 0 Å². The molecule has 0 aromatic heterocycles. The molecule has 0 amide bonds. The van der Waals surface area contributed by atoms with E-state index in [1.807, 2.05) is 12.1 Å². The fourth-order valence-corrected chi connectivity index (χ4v) is 2.35. The number of halogens is 1. The zero-order chi connectivity index (χ0) is 11.5. The van der Waals surface area contributed by atoms with Crippen LogP contribution in [0.3, 0.4) is 0 Å². The Labute approximate surface area is 104 Å². The van der Waals surface area contributed by atoms with Gasteiger partial charge in [0.15, 0.2) is 0 Å². The molecule has 1 atom stereocenters. The second kappa shape index (κ2) is 5.17. The summed E-state index contributed by atoms with van der Waals surface area (Å²) < 4.78 is 12.3. The van der Waals surface area contributed by atoms with E-state index >= 15 is 0 Å². The molecule has 1 heterocycles. The van der Waals surface area contributed by atoms with E-state index in [0.29, 0.717) is 0 Å². The Morgan fingerprint density at radius 2 is 2.31 bits per heavy atom. The summed E-state index contributed by atoms with van der Waals surface area (Å²) in [5.74, 6) is 0.898. The van der Waals surface area contributed by atoms with Crippen molar-refractivity contribution in [1.82, 2.24) is 5.32 Å². The second-order valence-corrected chi connectivity index (χ2v) is 4.71. The normalized spacial score (nSPS) is 20.8. The monoisotopic (exact) mass is 285 g/mol. The Morgan fingerprint density at radius 1 is 1.50 bits per heavy atom. The first-order valence-corrected chi connectivity index (χ1v) is 6.18. The van der Waals surface area contributed by atoms with Gasteiger partial charge in [-0.2, -0.15) is 0 Å². The lowest BCUT2D eigenvalue weighted by Gasteiger charge is -2.27. The van der Waals surface area contributed by atoms with Gasteiger partial charge in [-0.15, -0.1) is 0 Å². The van der Waals surface area contributed by atoms with Crippen LogP contribution in [0.4, 0.5) is 0 Å². The number of methoxy groups -OCH3 is 1. The maximum absolute atomic E-state index is 5.78. The molecular weight excluding hydrogens is 270 g/mol. The van der Waals surface area contributed by atoms with Gasteiger partial charge in [0.05, 0.1) is 19.8 Å². The van der Waals surface area contributed by atoms with Crippen molar-refractivity contribution in [3.05, 3.63) is 27.7 Å². The minimum absolute atomic E-state index is 0.0844. The number of morpholine rings is 1. The topological polar surface area (TPSA) is 30.5 Å². The maximum atomic E-state index is 5.78.